The number of amides is 1. The quantitative estimate of drug-likeness (QED) is 0.677. The molecule has 3 rings (SSSR count). The van der Waals surface area contributed by atoms with Crippen molar-refractivity contribution in [2.45, 2.75) is 19.9 Å². The lowest BCUT2D eigenvalue weighted by Gasteiger charge is -2.14. The number of carbonyl (C=O) groups is 2. The highest BCUT2D eigenvalue weighted by Crippen LogP contribution is 2.32. The Labute approximate surface area is 154 Å². The summed E-state index contributed by atoms with van der Waals surface area (Å²) in [5.74, 6) is -1.38. The molecule has 26 heavy (non-hydrogen) atoms. The van der Waals surface area contributed by atoms with Crippen LogP contribution in [0.25, 0.3) is 10.1 Å². The summed E-state index contributed by atoms with van der Waals surface area (Å²) in [5, 5.41) is 3.20. The largest absolute Gasteiger partial charge is 0.451 e. The Bertz CT molecular complexity index is 952. The SMILES string of the molecule is Cc1c(C(=O)OCC(=O)NC(C)c2ccccc2)sc2cccc(F)c12. The number of aryl methyl sites for hydroxylation is 1. The molecule has 134 valence electrons. The van der Waals surface area contributed by atoms with Crippen molar-refractivity contribution in [3.05, 3.63) is 70.4 Å². The number of rotatable bonds is 5. The molecule has 0 saturated carbocycles. The lowest BCUT2D eigenvalue weighted by atomic mass is 10.1. The maximum Gasteiger partial charge on any atom is 0.349 e. The zero-order chi connectivity index (χ0) is 18.7. The van der Waals surface area contributed by atoms with Crippen molar-refractivity contribution in [3.8, 4) is 0 Å². The second-order valence-electron chi connectivity index (χ2n) is 5.95. The highest BCUT2D eigenvalue weighted by atomic mass is 32.1. The molecule has 1 amide bonds. The van der Waals surface area contributed by atoms with Crippen molar-refractivity contribution in [1.82, 2.24) is 5.32 Å². The number of hydrogen-bond donors (Lipinski definition) is 1. The van der Waals surface area contributed by atoms with Gasteiger partial charge in [0.2, 0.25) is 0 Å². The van der Waals surface area contributed by atoms with Gasteiger partial charge in [-0.3, -0.25) is 4.79 Å². The van der Waals surface area contributed by atoms with Crippen LogP contribution in [0.2, 0.25) is 0 Å². The van der Waals surface area contributed by atoms with Crippen molar-refractivity contribution < 1.29 is 18.7 Å². The van der Waals surface area contributed by atoms with Crippen LogP contribution in [-0.4, -0.2) is 18.5 Å². The predicted octanol–water partition coefficient (Wildman–Crippen LogP) is 4.38. The molecular formula is C20H18FNO3S. The van der Waals surface area contributed by atoms with Crippen LogP contribution in [-0.2, 0) is 9.53 Å². The first kappa shape index (κ1) is 18.1. The Morgan fingerprint density at radius 2 is 1.88 bits per heavy atom. The van der Waals surface area contributed by atoms with Gasteiger partial charge in [0.05, 0.1) is 6.04 Å². The Kier molecular flexibility index (Phi) is 5.32. The fourth-order valence-corrected chi connectivity index (χ4v) is 3.87. The molecule has 1 atom stereocenters. The molecule has 0 aliphatic rings. The summed E-state index contributed by atoms with van der Waals surface area (Å²) >= 11 is 1.16. The number of fused-ring (bicyclic) bond motifs is 1. The lowest BCUT2D eigenvalue weighted by Crippen LogP contribution is -2.31. The van der Waals surface area contributed by atoms with Crippen LogP contribution in [0.4, 0.5) is 4.39 Å². The van der Waals surface area contributed by atoms with Gasteiger partial charge in [-0.2, -0.15) is 0 Å². The lowest BCUT2D eigenvalue weighted by molar-refractivity contribution is -0.124. The number of benzene rings is 2. The second-order valence-corrected chi connectivity index (χ2v) is 7.00. The molecule has 0 fully saturated rings. The Balaban J connectivity index is 1.63. The van der Waals surface area contributed by atoms with Gasteiger partial charge < -0.3 is 10.1 Å². The summed E-state index contributed by atoms with van der Waals surface area (Å²) in [4.78, 5) is 24.6. The summed E-state index contributed by atoms with van der Waals surface area (Å²) in [6.07, 6.45) is 0. The van der Waals surface area contributed by atoms with E-state index < -0.39 is 5.97 Å². The fourth-order valence-electron chi connectivity index (χ4n) is 2.75. The molecule has 1 aromatic heterocycles. The van der Waals surface area contributed by atoms with E-state index in [1.807, 2.05) is 37.3 Å². The van der Waals surface area contributed by atoms with E-state index in [-0.39, 0.29) is 24.4 Å². The fraction of sp³-hybridized carbons (Fsp3) is 0.200. The maximum absolute atomic E-state index is 13.9. The summed E-state index contributed by atoms with van der Waals surface area (Å²) < 4.78 is 19.7. The van der Waals surface area contributed by atoms with Gasteiger partial charge in [-0.05, 0) is 37.1 Å². The van der Waals surface area contributed by atoms with E-state index in [1.165, 1.54) is 6.07 Å². The summed E-state index contributed by atoms with van der Waals surface area (Å²) in [6, 6.07) is 14.0. The van der Waals surface area contributed by atoms with Crippen LogP contribution < -0.4 is 5.32 Å². The first-order valence-electron chi connectivity index (χ1n) is 8.16. The van der Waals surface area contributed by atoms with Gasteiger partial charge in [-0.15, -0.1) is 11.3 Å². The van der Waals surface area contributed by atoms with Crippen LogP contribution in [0.3, 0.4) is 0 Å². The van der Waals surface area contributed by atoms with E-state index >= 15 is 0 Å². The van der Waals surface area contributed by atoms with Crippen LogP contribution in [0.5, 0.6) is 0 Å². The van der Waals surface area contributed by atoms with Crippen LogP contribution in [0.15, 0.2) is 48.5 Å². The third-order valence-corrected chi connectivity index (χ3v) is 5.34. The van der Waals surface area contributed by atoms with Crippen molar-refractivity contribution in [2.24, 2.45) is 0 Å². The third kappa shape index (κ3) is 3.75. The average Bonchev–Trinajstić information content (AvgIpc) is 2.98. The molecule has 0 radical (unpaired) electrons. The number of thiophene rings is 1. The Morgan fingerprint density at radius 3 is 2.58 bits per heavy atom. The summed E-state index contributed by atoms with van der Waals surface area (Å²) in [5.41, 5.74) is 1.49. The van der Waals surface area contributed by atoms with Gasteiger partial charge in [0.25, 0.3) is 5.91 Å². The van der Waals surface area contributed by atoms with Crippen LogP contribution in [0.1, 0.15) is 33.8 Å². The minimum atomic E-state index is -0.620. The molecule has 2 aromatic carbocycles. The van der Waals surface area contributed by atoms with E-state index in [9.17, 15) is 14.0 Å². The standard InChI is InChI=1S/C20H18FNO3S/c1-12-18-15(21)9-6-10-16(18)26-19(12)20(24)25-11-17(23)22-13(2)14-7-4-3-5-8-14/h3-10,13H,11H2,1-2H3,(H,22,23). The van der Waals surface area contributed by atoms with Crippen molar-refractivity contribution in [3.63, 3.8) is 0 Å². The van der Waals surface area contributed by atoms with E-state index in [1.54, 1.807) is 19.1 Å². The average molecular weight is 371 g/mol. The second kappa shape index (κ2) is 7.66. The van der Waals surface area contributed by atoms with Gasteiger partial charge in [-0.1, -0.05) is 36.4 Å². The normalized spacial score (nSPS) is 12.0. The van der Waals surface area contributed by atoms with E-state index in [0.29, 0.717) is 20.5 Å². The number of nitrogens with one attached hydrogen (secondary N) is 1. The summed E-state index contributed by atoms with van der Waals surface area (Å²) in [6.45, 7) is 3.15. The van der Waals surface area contributed by atoms with E-state index in [0.717, 1.165) is 16.9 Å². The van der Waals surface area contributed by atoms with Crippen molar-refractivity contribution in [2.75, 3.05) is 6.61 Å². The van der Waals surface area contributed by atoms with Crippen LogP contribution >= 0.6 is 11.3 Å². The zero-order valence-corrected chi connectivity index (χ0v) is 15.2. The molecule has 0 saturated heterocycles. The molecule has 0 spiro atoms. The molecule has 1 unspecified atom stereocenters. The van der Waals surface area contributed by atoms with Crippen molar-refractivity contribution in [1.29, 1.82) is 0 Å². The highest BCUT2D eigenvalue weighted by molar-refractivity contribution is 7.21. The minimum absolute atomic E-state index is 0.192. The number of carbonyl (C=O) groups excluding carboxylic acids is 2. The van der Waals surface area contributed by atoms with Gasteiger partial charge >= 0.3 is 5.97 Å². The first-order chi connectivity index (χ1) is 12.5. The van der Waals surface area contributed by atoms with Gasteiger partial charge in [-0.25, -0.2) is 9.18 Å². The number of esters is 1. The molecule has 1 N–H and O–H groups in total. The predicted molar refractivity (Wildman–Crippen MR) is 99.8 cm³/mol. The van der Waals surface area contributed by atoms with Crippen molar-refractivity contribution >= 4 is 33.3 Å². The molecule has 3 aromatic rings. The highest BCUT2D eigenvalue weighted by Gasteiger charge is 2.20. The molecule has 0 bridgehead atoms. The topological polar surface area (TPSA) is 55.4 Å². The number of hydrogen-bond acceptors (Lipinski definition) is 4. The molecule has 0 aliphatic carbocycles. The van der Waals surface area contributed by atoms with E-state index in [4.69, 9.17) is 4.74 Å². The molecular weight excluding hydrogens is 353 g/mol. The first-order valence-corrected chi connectivity index (χ1v) is 8.98. The molecule has 4 nitrogen and oxygen atoms in total. The minimum Gasteiger partial charge on any atom is -0.451 e. The number of halogens is 1. The van der Waals surface area contributed by atoms with Gasteiger partial charge in [0.1, 0.15) is 10.7 Å². The monoisotopic (exact) mass is 371 g/mol. The molecule has 0 aliphatic heterocycles. The van der Waals surface area contributed by atoms with E-state index in [2.05, 4.69) is 5.32 Å². The van der Waals surface area contributed by atoms with Gasteiger partial charge in [0, 0.05) is 10.1 Å². The molecule has 6 heteroatoms. The van der Waals surface area contributed by atoms with Crippen LogP contribution in [0, 0.1) is 12.7 Å². The molecule has 1 heterocycles. The smallest absolute Gasteiger partial charge is 0.349 e. The zero-order valence-electron chi connectivity index (χ0n) is 14.4. The Morgan fingerprint density at radius 1 is 1.15 bits per heavy atom. The van der Waals surface area contributed by atoms with Gasteiger partial charge in [0.15, 0.2) is 6.61 Å². The maximum atomic E-state index is 13.9. The Hall–Kier alpha value is -2.73. The number of ether oxygens (including phenoxy) is 1. The summed E-state index contributed by atoms with van der Waals surface area (Å²) in [7, 11) is 0. The third-order valence-electron chi connectivity index (χ3n) is 4.10.